The van der Waals surface area contributed by atoms with Crippen molar-refractivity contribution in [2.24, 2.45) is 5.92 Å². The molecule has 178 valence electrons. The smallest absolute Gasteiger partial charge is 0.205 e. The average molecular weight is 473 g/mol. The van der Waals surface area contributed by atoms with Crippen molar-refractivity contribution in [1.29, 1.82) is 0 Å². The van der Waals surface area contributed by atoms with E-state index in [1.54, 1.807) is 12.4 Å². The van der Waals surface area contributed by atoms with Crippen molar-refractivity contribution in [1.82, 2.24) is 19.1 Å². The Morgan fingerprint density at radius 2 is 1.14 bits per heavy atom. The van der Waals surface area contributed by atoms with Gasteiger partial charge in [-0.05, 0) is 53.6 Å². The van der Waals surface area contributed by atoms with E-state index in [1.807, 2.05) is 34.2 Å². The summed E-state index contributed by atoms with van der Waals surface area (Å²) in [5, 5.41) is 0. The fourth-order valence-corrected chi connectivity index (χ4v) is 4.14. The van der Waals surface area contributed by atoms with Crippen LogP contribution in [0.1, 0.15) is 36.4 Å². The van der Waals surface area contributed by atoms with Crippen LogP contribution in [0.2, 0.25) is 0 Å². The minimum absolute atomic E-state index is 0.528. The summed E-state index contributed by atoms with van der Waals surface area (Å²) in [4.78, 5) is 8.25. The molecule has 0 unspecified atom stereocenters. The van der Waals surface area contributed by atoms with Crippen molar-refractivity contribution >= 4 is 24.3 Å². The van der Waals surface area contributed by atoms with Crippen molar-refractivity contribution in [3.8, 4) is 11.4 Å². The molecule has 0 aliphatic carbocycles. The summed E-state index contributed by atoms with van der Waals surface area (Å²) < 4.78 is 6.40. The second-order valence-electron chi connectivity index (χ2n) is 9.17. The number of hydrogen-bond acceptors (Lipinski definition) is 2. The maximum atomic E-state index is 4.12. The lowest BCUT2D eigenvalue weighted by molar-refractivity contribution is -0.705. The Morgan fingerprint density at radius 3 is 1.53 bits per heavy atom. The zero-order valence-corrected chi connectivity index (χ0v) is 20.6. The lowest BCUT2D eigenvalue weighted by atomic mass is 10.1. The molecule has 0 saturated carbocycles. The highest BCUT2D eigenvalue weighted by atomic mass is 15.0. The fourth-order valence-electron chi connectivity index (χ4n) is 4.14. The molecular weight excluding hydrogens is 442 g/mol. The highest BCUT2D eigenvalue weighted by molar-refractivity contribution is 5.69. The summed E-state index contributed by atoms with van der Waals surface area (Å²) in [6, 6.07) is 23.5. The second kappa shape index (κ2) is 10.8. The first-order chi connectivity index (χ1) is 17.7. The van der Waals surface area contributed by atoms with Gasteiger partial charge < -0.3 is 9.13 Å². The van der Waals surface area contributed by atoms with E-state index in [4.69, 9.17) is 0 Å². The van der Waals surface area contributed by atoms with Crippen molar-refractivity contribution in [3.63, 3.8) is 0 Å². The third-order valence-electron chi connectivity index (χ3n) is 5.99. The number of hydrogen-bond donors (Lipinski definition) is 0. The molecule has 0 fully saturated rings. The van der Waals surface area contributed by atoms with E-state index in [1.165, 1.54) is 11.4 Å². The van der Waals surface area contributed by atoms with Crippen LogP contribution in [0.15, 0.2) is 104 Å². The van der Waals surface area contributed by atoms with Crippen LogP contribution < -0.4 is 4.57 Å². The lowest BCUT2D eigenvalue weighted by Gasteiger charge is -2.07. The summed E-state index contributed by atoms with van der Waals surface area (Å²) in [7, 11) is 0. The third-order valence-corrected chi connectivity index (χ3v) is 5.99. The van der Waals surface area contributed by atoms with Gasteiger partial charge in [-0.25, -0.2) is 9.97 Å². The van der Waals surface area contributed by atoms with Gasteiger partial charge in [-0.3, -0.25) is 0 Å². The van der Waals surface area contributed by atoms with Gasteiger partial charge in [-0.2, -0.15) is 4.57 Å². The summed E-state index contributed by atoms with van der Waals surface area (Å²) in [6.45, 7) is 5.45. The van der Waals surface area contributed by atoms with Gasteiger partial charge in [0.15, 0.2) is 6.54 Å². The molecule has 0 N–H and O–H groups in total. The molecule has 3 aromatic heterocycles. The second-order valence-corrected chi connectivity index (χ2v) is 9.17. The summed E-state index contributed by atoms with van der Waals surface area (Å²) >= 11 is 0. The van der Waals surface area contributed by atoms with E-state index in [-0.39, 0.29) is 0 Å². The number of benzene rings is 2. The van der Waals surface area contributed by atoms with Gasteiger partial charge in [0, 0.05) is 66.4 Å². The van der Waals surface area contributed by atoms with Crippen molar-refractivity contribution < 1.29 is 4.57 Å². The number of nitrogens with zero attached hydrogens (tertiary/aromatic N) is 5. The molecule has 2 aromatic carbocycles. The Labute approximate surface area is 212 Å². The Hall–Kier alpha value is -4.51. The molecule has 0 saturated heterocycles. The topological polar surface area (TPSA) is 39.5 Å². The first-order valence-corrected chi connectivity index (χ1v) is 12.2. The molecule has 3 heterocycles. The number of aromatic nitrogens is 5. The van der Waals surface area contributed by atoms with Crippen LogP contribution >= 0.6 is 0 Å². The zero-order valence-electron chi connectivity index (χ0n) is 20.6. The maximum Gasteiger partial charge on any atom is 0.205 e. The molecule has 0 radical (unpaired) electrons. The Morgan fingerprint density at radius 1 is 0.667 bits per heavy atom. The van der Waals surface area contributed by atoms with Crippen molar-refractivity contribution in [3.05, 3.63) is 127 Å². The van der Waals surface area contributed by atoms with Gasteiger partial charge in [-0.15, -0.1) is 0 Å². The van der Waals surface area contributed by atoms with Crippen molar-refractivity contribution in [2.45, 2.75) is 20.4 Å². The fraction of sp³-hybridized carbons (Fsp3) is 0.129. The molecule has 0 aliphatic rings. The molecule has 0 aliphatic heterocycles. The van der Waals surface area contributed by atoms with Crippen LogP contribution in [0.5, 0.6) is 0 Å². The standard InChI is InChI=1S/C31H30N5/c1-25(2)22-36-30(16-10-26-6-12-28(13-7-26)34-20-18-32-23-34)4-3-5-31(36)17-11-27-8-14-29(15-9-27)35-21-19-33-24-35/h3-21,23-25H,22H2,1-2H3/q+1. The van der Waals surface area contributed by atoms with E-state index in [0.717, 1.165) is 29.0 Å². The average Bonchev–Trinajstić information content (AvgIpc) is 3.63. The molecule has 36 heavy (non-hydrogen) atoms. The monoisotopic (exact) mass is 472 g/mol. The molecule has 5 nitrogen and oxygen atoms in total. The van der Waals surface area contributed by atoms with Gasteiger partial charge in [0.25, 0.3) is 0 Å². The minimum atomic E-state index is 0.528. The van der Waals surface area contributed by atoms with Crippen molar-refractivity contribution in [2.75, 3.05) is 0 Å². The normalized spacial score (nSPS) is 11.8. The number of rotatable bonds is 8. The number of imidazole rings is 2. The van der Waals surface area contributed by atoms with Gasteiger partial charge in [0.1, 0.15) is 0 Å². The molecule has 0 atom stereocenters. The van der Waals surface area contributed by atoms with Gasteiger partial charge >= 0.3 is 0 Å². The predicted molar refractivity (Wildman–Crippen MR) is 146 cm³/mol. The first kappa shape index (κ1) is 23.2. The quantitative estimate of drug-likeness (QED) is 0.247. The Bertz CT molecular complexity index is 1330. The summed E-state index contributed by atoms with van der Waals surface area (Å²) in [5.41, 5.74) is 6.89. The highest BCUT2D eigenvalue weighted by Gasteiger charge is 2.14. The Kier molecular flexibility index (Phi) is 6.99. The molecule has 5 rings (SSSR count). The van der Waals surface area contributed by atoms with Gasteiger partial charge in [0.05, 0.1) is 12.7 Å². The van der Waals surface area contributed by atoms with E-state index >= 15 is 0 Å². The number of pyridine rings is 1. The van der Waals surface area contributed by atoms with Gasteiger partial charge in [-0.1, -0.05) is 38.1 Å². The van der Waals surface area contributed by atoms with E-state index in [9.17, 15) is 0 Å². The van der Waals surface area contributed by atoms with E-state index < -0.39 is 0 Å². The predicted octanol–water partition coefficient (Wildman–Crippen LogP) is 6.34. The molecule has 5 aromatic rings. The highest BCUT2D eigenvalue weighted by Crippen LogP contribution is 2.14. The minimum Gasteiger partial charge on any atom is -0.306 e. The molecule has 5 heteroatoms. The molecule has 0 amide bonds. The van der Waals surface area contributed by atoms with Crippen LogP contribution in [-0.4, -0.2) is 19.1 Å². The maximum absolute atomic E-state index is 4.12. The lowest BCUT2D eigenvalue weighted by Crippen LogP contribution is -2.42. The summed E-state index contributed by atoms with van der Waals surface area (Å²) in [6.07, 6.45) is 19.9. The van der Waals surface area contributed by atoms with E-state index in [2.05, 4.69) is 119 Å². The molecular formula is C31H30N5+. The largest absolute Gasteiger partial charge is 0.306 e. The van der Waals surface area contributed by atoms with Crippen LogP contribution in [0, 0.1) is 5.92 Å². The first-order valence-electron chi connectivity index (χ1n) is 12.2. The third kappa shape index (κ3) is 5.58. The SMILES string of the molecule is CC(C)C[n+]1c(/C=C/c2ccc(-n3ccnc3)cc2)cccc1/C=C/c1ccc(-n2ccnc2)cc1. The Balaban J connectivity index is 1.37. The van der Waals surface area contributed by atoms with Crippen LogP contribution in [0.3, 0.4) is 0 Å². The zero-order chi connectivity index (χ0) is 24.7. The van der Waals surface area contributed by atoms with Gasteiger partial charge in [0.2, 0.25) is 11.4 Å². The molecule has 0 bridgehead atoms. The van der Waals surface area contributed by atoms with Crippen LogP contribution in [0.4, 0.5) is 0 Å². The van der Waals surface area contributed by atoms with Crippen LogP contribution in [0.25, 0.3) is 35.7 Å². The molecule has 0 spiro atoms. The van der Waals surface area contributed by atoms with Crippen LogP contribution in [-0.2, 0) is 6.54 Å². The summed E-state index contributed by atoms with van der Waals surface area (Å²) in [5.74, 6) is 0.528. The van der Waals surface area contributed by atoms with E-state index in [0.29, 0.717) is 5.92 Å².